The van der Waals surface area contributed by atoms with Crippen LogP contribution in [-0.4, -0.2) is 73.3 Å². The van der Waals surface area contributed by atoms with Crippen molar-refractivity contribution >= 4 is 23.9 Å². The van der Waals surface area contributed by atoms with Gasteiger partial charge >= 0.3 is 12.1 Å². The first-order valence-corrected chi connectivity index (χ1v) is 12.0. The Hall–Kier alpha value is -3.40. The monoisotopic (exact) mass is 503 g/mol. The summed E-state index contributed by atoms with van der Waals surface area (Å²) in [5, 5.41) is 5.30. The zero-order valence-electron chi connectivity index (χ0n) is 21.5. The van der Waals surface area contributed by atoms with Gasteiger partial charge in [0.25, 0.3) is 0 Å². The molecule has 36 heavy (non-hydrogen) atoms. The highest BCUT2D eigenvalue weighted by Gasteiger charge is 2.33. The number of carbonyl (C=O) groups is 4. The fourth-order valence-electron chi connectivity index (χ4n) is 3.59. The van der Waals surface area contributed by atoms with Crippen LogP contribution >= 0.6 is 0 Å². The van der Waals surface area contributed by atoms with Crippen LogP contribution in [0.4, 0.5) is 4.79 Å². The molecule has 0 aromatic heterocycles. The molecular weight excluding hydrogens is 466 g/mol. The van der Waals surface area contributed by atoms with Gasteiger partial charge in [-0.3, -0.25) is 9.59 Å². The zero-order chi connectivity index (χ0) is 26.6. The average Bonchev–Trinajstić information content (AvgIpc) is 3.32. The lowest BCUT2D eigenvalue weighted by molar-refractivity contribution is -0.149. The van der Waals surface area contributed by atoms with Gasteiger partial charge < -0.3 is 29.7 Å². The van der Waals surface area contributed by atoms with Crippen LogP contribution in [0.5, 0.6) is 0 Å². The molecule has 0 radical (unpaired) electrons. The fourth-order valence-corrected chi connectivity index (χ4v) is 3.59. The molecule has 1 aromatic rings. The Balaban J connectivity index is 1.84. The molecule has 1 aliphatic rings. The van der Waals surface area contributed by atoms with Gasteiger partial charge in [0.1, 0.15) is 17.7 Å². The number of ether oxygens (including phenoxy) is 3. The smallest absolute Gasteiger partial charge is 0.408 e. The van der Waals surface area contributed by atoms with E-state index in [4.69, 9.17) is 14.2 Å². The summed E-state index contributed by atoms with van der Waals surface area (Å²) in [5.74, 6) is -1.12. The molecule has 1 aromatic carbocycles. The third-order valence-electron chi connectivity index (χ3n) is 5.28. The number of likely N-dealkylation sites (tertiary alicyclic amines) is 1. The Morgan fingerprint density at radius 3 is 2.56 bits per heavy atom. The van der Waals surface area contributed by atoms with E-state index in [1.165, 1.54) is 18.1 Å². The van der Waals surface area contributed by atoms with Crippen molar-refractivity contribution in [3.63, 3.8) is 0 Å². The lowest BCUT2D eigenvalue weighted by Gasteiger charge is -2.23. The minimum absolute atomic E-state index is 0.0435. The summed E-state index contributed by atoms with van der Waals surface area (Å²) < 4.78 is 15.7. The maximum atomic E-state index is 12.7. The molecule has 1 saturated heterocycles. The second-order valence-corrected chi connectivity index (χ2v) is 9.39. The summed E-state index contributed by atoms with van der Waals surface area (Å²) in [4.78, 5) is 50.7. The Labute approximate surface area is 212 Å². The predicted octanol–water partition coefficient (Wildman–Crippen LogP) is 2.32. The van der Waals surface area contributed by atoms with Crippen molar-refractivity contribution in [3.05, 3.63) is 48.0 Å². The highest BCUT2D eigenvalue weighted by atomic mass is 16.6. The molecule has 1 aliphatic heterocycles. The molecule has 1 heterocycles. The Kier molecular flexibility index (Phi) is 11.4. The van der Waals surface area contributed by atoms with Crippen molar-refractivity contribution in [1.29, 1.82) is 0 Å². The van der Waals surface area contributed by atoms with Crippen LogP contribution in [0.2, 0.25) is 0 Å². The molecule has 2 rings (SSSR count). The van der Waals surface area contributed by atoms with E-state index in [2.05, 4.69) is 10.6 Å². The first-order valence-electron chi connectivity index (χ1n) is 12.0. The van der Waals surface area contributed by atoms with E-state index in [-0.39, 0.29) is 25.7 Å². The fraction of sp³-hybridized carbons (Fsp3) is 0.538. The van der Waals surface area contributed by atoms with Gasteiger partial charge in [-0.2, -0.15) is 0 Å². The third-order valence-corrected chi connectivity index (χ3v) is 5.28. The molecule has 10 nitrogen and oxygen atoms in total. The van der Waals surface area contributed by atoms with Gasteiger partial charge in [0.15, 0.2) is 0 Å². The maximum Gasteiger partial charge on any atom is 0.408 e. The zero-order valence-corrected chi connectivity index (χ0v) is 21.5. The second kappa shape index (κ2) is 14.2. The number of nitrogens with zero attached hydrogens (tertiary/aromatic N) is 1. The summed E-state index contributed by atoms with van der Waals surface area (Å²) >= 11 is 0. The van der Waals surface area contributed by atoms with Crippen molar-refractivity contribution in [2.24, 2.45) is 0 Å². The first kappa shape index (κ1) is 28.8. The quantitative estimate of drug-likeness (QED) is 0.270. The molecule has 198 valence electrons. The van der Waals surface area contributed by atoms with E-state index in [9.17, 15) is 19.2 Å². The summed E-state index contributed by atoms with van der Waals surface area (Å²) in [7, 11) is 1.31. The topological polar surface area (TPSA) is 123 Å². The van der Waals surface area contributed by atoms with Crippen LogP contribution in [-0.2, 0) is 35.2 Å². The number of carbonyl (C=O) groups excluding carboxylic acids is 4. The molecule has 0 spiro atoms. The largest absolute Gasteiger partial charge is 0.467 e. The molecular formula is C26H37N3O7. The molecule has 3 amide bonds. The van der Waals surface area contributed by atoms with E-state index in [1.807, 2.05) is 30.3 Å². The van der Waals surface area contributed by atoms with Crippen LogP contribution < -0.4 is 10.6 Å². The Bertz CT molecular complexity index is 912. The number of nitrogens with one attached hydrogen (secondary N) is 2. The Morgan fingerprint density at radius 2 is 1.89 bits per heavy atom. The van der Waals surface area contributed by atoms with E-state index >= 15 is 0 Å². The summed E-state index contributed by atoms with van der Waals surface area (Å²) in [5.41, 5.74) is 0.228. The molecule has 1 fully saturated rings. The number of hydrogen-bond donors (Lipinski definition) is 2. The van der Waals surface area contributed by atoms with Crippen LogP contribution in [0, 0.1) is 0 Å². The number of hydrogen-bond acceptors (Lipinski definition) is 7. The number of benzene rings is 1. The van der Waals surface area contributed by atoms with Gasteiger partial charge in [-0.15, -0.1) is 0 Å². The highest BCUT2D eigenvalue weighted by Crippen LogP contribution is 2.18. The predicted molar refractivity (Wildman–Crippen MR) is 133 cm³/mol. The van der Waals surface area contributed by atoms with Gasteiger partial charge in [0.2, 0.25) is 11.8 Å². The summed E-state index contributed by atoms with van der Waals surface area (Å²) in [6.07, 6.45) is 4.03. The normalized spacial score (nSPS) is 16.4. The van der Waals surface area contributed by atoms with E-state index in [0.717, 1.165) is 12.0 Å². The van der Waals surface area contributed by atoms with Crippen LogP contribution in [0.1, 0.15) is 45.6 Å². The van der Waals surface area contributed by atoms with E-state index in [0.29, 0.717) is 19.4 Å². The van der Waals surface area contributed by atoms with E-state index in [1.54, 1.807) is 26.8 Å². The molecule has 0 saturated carbocycles. The molecule has 2 atom stereocenters. The van der Waals surface area contributed by atoms with Crippen LogP contribution in [0.25, 0.3) is 0 Å². The van der Waals surface area contributed by atoms with Gasteiger partial charge in [-0.05, 0) is 51.7 Å². The van der Waals surface area contributed by atoms with Gasteiger partial charge in [-0.1, -0.05) is 36.4 Å². The van der Waals surface area contributed by atoms with Gasteiger partial charge in [0.05, 0.1) is 20.3 Å². The number of amides is 3. The lowest BCUT2D eigenvalue weighted by atomic mass is 10.2. The summed E-state index contributed by atoms with van der Waals surface area (Å²) in [6, 6.07) is 7.97. The molecule has 10 heteroatoms. The Morgan fingerprint density at radius 1 is 1.17 bits per heavy atom. The lowest BCUT2D eigenvalue weighted by Crippen LogP contribution is -2.50. The molecule has 0 unspecified atom stereocenters. The van der Waals surface area contributed by atoms with Crippen LogP contribution in [0.15, 0.2) is 42.5 Å². The van der Waals surface area contributed by atoms with Gasteiger partial charge in [-0.25, -0.2) is 9.59 Å². The number of alkyl carbamates (subject to hydrolysis) is 1. The van der Waals surface area contributed by atoms with Crippen molar-refractivity contribution in [2.45, 2.75) is 64.3 Å². The SMILES string of the molecule is COC(=O)[C@@H]1CCCN1C(=O)/C=C/CCNC(=O)[C@H](COCc1ccccc1)NC(=O)OC(C)(C)C. The molecule has 0 aliphatic carbocycles. The number of methoxy groups -OCH3 is 1. The number of esters is 1. The second-order valence-electron chi connectivity index (χ2n) is 9.39. The van der Waals surface area contributed by atoms with Gasteiger partial charge in [0, 0.05) is 13.1 Å². The number of rotatable bonds is 11. The first-order chi connectivity index (χ1) is 17.1. The van der Waals surface area contributed by atoms with Crippen molar-refractivity contribution in [2.75, 3.05) is 26.8 Å². The standard InChI is InChI=1S/C26H37N3O7/c1-26(2,3)36-25(33)28-20(18-35-17-19-11-6-5-7-12-19)23(31)27-15-9-8-14-22(30)29-16-10-13-21(29)24(32)34-4/h5-8,11-12,14,20-21H,9-10,13,15-18H2,1-4H3,(H,27,31)(H,28,33)/b14-8+/t20-,21-/m0/s1. The van der Waals surface area contributed by atoms with Crippen LogP contribution in [0.3, 0.4) is 0 Å². The minimum Gasteiger partial charge on any atom is -0.467 e. The van der Waals surface area contributed by atoms with Crippen molar-refractivity contribution < 1.29 is 33.4 Å². The summed E-state index contributed by atoms with van der Waals surface area (Å²) in [6.45, 7) is 6.19. The highest BCUT2D eigenvalue weighted by molar-refractivity contribution is 5.92. The van der Waals surface area contributed by atoms with Crippen molar-refractivity contribution in [3.8, 4) is 0 Å². The van der Waals surface area contributed by atoms with E-state index < -0.39 is 35.7 Å². The minimum atomic E-state index is -0.959. The molecule has 0 bridgehead atoms. The maximum absolute atomic E-state index is 12.7. The van der Waals surface area contributed by atoms with Crippen molar-refractivity contribution in [1.82, 2.24) is 15.5 Å². The third kappa shape index (κ3) is 10.1. The molecule has 2 N–H and O–H groups in total. The average molecular weight is 504 g/mol.